The Balaban J connectivity index is 1.77. The zero-order chi connectivity index (χ0) is 19.1. The summed E-state index contributed by atoms with van der Waals surface area (Å²) < 4.78 is 5.98. The van der Waals surface area contributed by atoms with Crippen LogP contribution in [-0.4, -0.2) is 58.6 Å². The van der Waals surface area contributed by atoms with Crippen molar-refractivity contribution < 1.29 is 9.94 Å². The van der Waals surface area contributed by atoms with Gasteiger partial charge >= 0.3 is 0 Å². The molecule has 6 heteroatoms. The Morgan fingerprint density at radius 2 is 1.93 bits per heavy atom. The summed E-state index contributed by atoms with van der Waals surface area (Å²) in [6.07, 6.45) is 1.91. The third-order valence-electron chi connectivity index (χ3n) is 4.61. The second-order valence-electron chi connectivity index (χ2n) is 6.58. The molecule has 0 saturated carbocycles. The Bertz CT molecular complexity index is 784. The SMILES string of the molecule is C=CCN1CCN(/C(=N\O)c2ccc(C)nc2OCc2ccccc2)CC1. The van der Waals surface area contributed by atoms with E-state index in [1.54, 1.807) is 0 Å². The standard InChI is InChI=1S/C21H26N4O2/c1-3-11-24-12-14-25(15-13-24)20(23-26)19-10-9-17(2)22-21(19)27-16-18-7-5-4-6-8-18/h3-10,26H,1,11-16H2,2H3/b23-20-. The smallest absolute Gasteiger partial charge is 0.225 e. The van der Waals surface area contributed by atoms with Gasteiger partial charge in [0.15, 0.2) is 5.84 Å². The number of hydrogen-bond donors (Lipinski definition) is 1. The monoisotopic (exact) mass is 366 g/mol. The highest BCUT2D eigenvalue weighted by molar-refractivity contribution is 6.00. The second kappa shape index (κ2) is 9.19. The summed E-state index contributed by atoms with van der Waals surface area (Å²) in [6.45, 7) is 10.3. The van der Waals surface area contributed by atoms with Crippen LogP contribution < -0.4 is 4.74 Å². The Morgan fingerprint density at radius 1 is 1.19 bits per heavy atom. The van der Waals surface area contributed by atoms with Gasteiger partial charge in [0.25, 0.3) is 0 Å². The molecule has 1 fully saturated rings. The minimum Gasteiger partial charge on any atom is -0.472 e. The lowest BCUT2D eigenvalue weighted by Gasteiger charge is -2.35. The van der Waals surface area contributed by atoms with Crippen molar-refractivity contribution in [1.29, 1.82) is 0 Å². The largest absolute Gasteiger partial charge is 0.472 e. The molecule has 1 aliphatic heterocycles. The summed E-state index contributed by atoms with van der Waals surface area (Å²) in [6, 6.07) is 13.8. The molecule has 2 heterocycles. The summed E-state index contributed by atoms with van der Waals surface area (Å²) in [5.74, 6) is 0.990. The Hall–Kier alpha value is -2.86. The molecule has 0 spiro atoms. The maximum Gasteiger partial charge on any atom is 0.225 e. The van der Waals surface area contributed by atoms with Crippen LogP contribution in [-0.2, 0) is 6.61 Å². The van der Waals surface area contributed by atoms with E-state index in [9.17, 15) is 5.21 Å². The van der Waals surface area contributed by atoms with Gasteiger partial charge in [-0.15, -0.1) is 6.58 Å². The molecule has 1 aromatic carbocycles. The maximum absolute atomic E-state index is 9.71. The van der Waals surface area contributed by atoms with E-state index in [4.69, 9.17) is 4.74 Å². The molecule has 1 aromatic heterocycles. The average molecular weight is 366 g/mol. The predicted octanol–water partition coefficient (Wildman–Crippen LogP) is 2.91. The van der Waals surface area contributed by atoms with Gasteiger partial charge < -0.3 is 14.8 Å². The van der Waals surface area contributed by atoms with E-state index in [0.29, 0.717) is 23.9 Å². The first-order valence-electron chi connectivity index (χ1n) is 9.16. The molecule has 0 radical (unpaired) electrons. The predicted molar refractivity (Wildman–Crippen MR) is 106 cm³/mol. The normalized spacial score (nSPS) is 15.6. The first-order chi connectivity index (χ1) is 13.2. The van der Waals surface area contributed by atoms with Crippen LogP contribution in [0, 0.1) is 6.92 Å². The number of piperazine rings is 1. The molecule has 142 valence electrons. The van der Waals surface area contributed by atoms with E-state index in [2.05, 4.69) is 26.5 Å². The van der Waals surface area contributed by atoms with Crippen molar-refractivity contribution in [3.8, 4) is 5.88 Å². The highest BCUT2D eigenvalue weighted by atomic mass is 16.5. The van der Waals surface area contributed by atoms with E-state index in [1.165, 1.54) is 0 Å². The van der Waals surface area contributed by atoms with E-state index in [-0.39, 0.29) is 0 Å². The molecule has 1 N–H and O–H groups in total. The molecule has 1 saturated heterocycles. The van der Waals surface area contributed by atoms with Gasteiger partial charge in [-0.25, -0.2) is 4.98 Å². The summed E-state index contributed by atoms with van der Waals surface area (Å²) in [7, 11) is 0. The first-order valence-corrected chi connectivity index (χ1v) is 9.16. The molecular weight excluding hydrogens is 340 g/mol. The maximum atomic E-state index is 9.71. The lowest BCUT2D eigenvalue weighted by molar-refractivity contribution is 0.191. The zero-order valence-corrected chi connectivity index (χ0v) is 15.7. The lowest BCUT2D eigenvalue weighted by atomic mass is 10.2. The topological polar surface area (TPSA) is 61.2 Å². The molecular formula is C21H26N4O2. The van der Waals surface area contributed by atoms with Gasteiger partial charge in [0, 0.05) is 38.4 Å². The number of aryl methyl sites for hydroxylation is 1. The van der Waals surface area contributed by atoms with E-state index >= 15 is 0 Å². The molecule has 6 nitrogen and oxygen atoms in total. The van der Waals surface area contributed by atoms with Gasteiger partial charge in [-0.2, -0.15) is 0 Å². The number of hydrogen-bond acceptors (Lipinski definition) is 5. The third kappa shape index (κ3) is 4.86. The number of pyridine rings is 1. The first kappa shape index (κ1) is 18.9. The van der Waals surface area contributed by atoms with Crippen molar-refractivity contribution in [2.45, 2.75) is 13.5 Å². The second-order valence-corrected chi connectivity index (χ2v) is 6.58. The number of ether oxygens (including phenoxy) is 1. The highest BCUT2D eigenvalue weighted by Gasteiger charge is 2.24. The van der Waals surface area contributed by atoms with E-state index in [0.717, 1.165) is 44.0 Å². The quantitative estimate of drug-likeness (QED) is 0.280. The van der Waals surface area contributed by atoms with Crippen molar-refractivity contribution >= 4 is 5.84 Å². The van der Waals surface area contributed by atoms with Crippen LogP contribution in [0.15, 0.2) is 60.3 Å². The summed E-state index contributed by atoms with van der Waals surface area (Å²) in [4.78, 5) is 8.92. The van der Waals surface area contributed by atoms with Gasteiger partial charge in [-0.1, -0.05) is 41.6 Å². The van der Waals surface area contributed by atoms with Gasteiger partial charge in [0.05, 0.1) is 5.56 Å². The number of rotatable bonds is 6. The molecule has 0 amide bonds. The van der Waals surface area contributed by atoms with Crippen LogP contribution in [0.3, 0.4) is 0 Å². The van der Waals surface area contributed by atoms with E-state index in [1.807, 2.05) is 55.5 Å². The molecule has 0 aliphatic carbocycles. The summed E-state index contributed by atoms with van der Waals surface area (Å²) >= 11 is 0. The number of oxime groups is 1. The van der Waals surface area contributed by atoms with Crippen LogP contribution in [0.2, 0.25) is 0 Å². The average Bonchev–Trinajstić information content (AvgIpc) is 2.70. The number of aromatic nitrogens is 1. The van der Waals surface area contributed by atoms with Crippen molar-refractivity contribution in [3.63, 3.8) is 0 Å². The van der Waals surface area contributed by atoms with E-state index < -0.39 is 0 Å². The van der Waals surface area contributed by atoms with Gasteiger partial charge in [-0.05, 0) is 24.6 Å². The van der Waals surface area contributed by atoms with Gasteiger partial charge in [0.2, 0.25) is 5.88 Å². The van der Waals surface area contributed by atoms with Crippen molar-refractivity contribution in [2.75, 3.05) is 32.7 Å². The number of benzene rings is 1. The third-order valence-corrected chi connectivity index (χ3v) is 4.61. The zero-order valence-electron chi connectivity index (χ0n) is 15.7. The Labute approximate surface area is 160 Å². The molecule has 0 atom stereocenters. The number of amidine groups is 1. The molecule has 2 aromatic rings. The van der Waals surface area contributed by atoms with Gasteiger partial charge in [-0.3, -0.25) is 4.90 Å². The van der Waals surface area contributed by atoms with Crippen molar-refractivity contribution in [1.82, 2.24) is 14.8 Å². The summed E-state index contributed by atoms with van der Waals surface area (Å²) in [5.41, 5.74) is 2.62. The summed E-state index contributed by atoms with van der Waals surface area (Å²) in [5, 5.41) is 13.3. The molecule has 0 unspecified atom stereocenters. The minimum absolute atomic E-state index is 0.413. The van der Waals surface area contributed by atoms with Crippen LogP contribution >= 0.6 is 0 Å². The fraction of sp³-hybridized carbons (Fsp3) is 0.333. The Morgan fingerprint density at radius 3 is 2.59 bits per heavy atom. The molecule has 1 aliphatic rings. The fourth-order valence-electron chi connectivity index (χ4n) is 3.15. The van der Waals surface area contributed by atoms with Crippen molar-refractivity contribution in [3.05, 3.63) is 71.9 Å². The number of nitrogens with zero attached hydrogens (tertiary/aromatic N) is 4. The lowest BCUT2D eigenvalue weighted by Crippen LogP contribution is -2.49. The molecule has 0 bridgehead atoms. The van der Waals surface area contributed by atoms with Crippen LogP contribution in [0.1, 0.15) is 16.8 Å². The van der Waals surface area contributed by atoms with Crippen LogP contribution in [0.5, 0.6) is 5.88 Å². The highest BCUT2D eigenvalue weighted by Crippen LogP contribution is 2.21. The van der Waals surface area contributed by atoms with Crippen molar-refractivity contribution in [2.24, 2.45) is 5.16 Å². The Kier molecular flexibility index (Phi) is 6.44. The minimum atomic E-state index is 0.413. The molecule has 3 rings (SSSR count). The van der Waals surface area contributed by atoms with Crippen LogP contribution in [0.25, 0.3) is 0 Å². The van der Waals surface area contributed by atoms with Crippen LogP contribution in [0.4, 0.5) is 0 Å². The molecule has 27 heavy (non-hydrogen) atoms. The van der Waals surface area contributed by atoms with Gasteiger partial charge in [0.1, 0.15) is 6.61 Å². The fourth-order valence-corrected chi connectivity index (χ4v) is 3.15.